The molecule has 0 amide bonds. The molecule has 2 aromatic rings. The van der Waals surface area contributed by atoms with Gasteiger partial charge in [-0.15, -0.1) is 0 Å². The van der Waals surface area contributed by atoms with Crippen molar-refractivity contribution in [3.63, 3.8) is 0 Å². The van der Waals surface area contributed by atoms with E-state index in [1.54, 1.807) is 11.1 Å². The van der Waals surface area contributed by atoms with E-state index in [-0.39, 0.29) is 5.41 Å². The van der Waals surface area contributed by atoms with Gasteiger partial charge in [0.15, 0.2) is 0 Å². The van der Waals surface area contributed by atoms with Crippen LogP contribution in [-0.4, -0.2) is 8.07 Å². The molecule has 0 radical (unpaired) electrons. The van der Waals surface area contributed by atoms with Crippen molar-refractivity contribution in [1.82, 2.24) is 0 Å². The third-order valence-electron chi connectivity index (χ3n) is 6.15. The van der Waals surface area contributed by atoms with Gasteiger partial charge in [0, 0.05) is 5.54 Å². The number of fused-ring (bicyclic) bond motifs is 3. The van der Waals surface area contributed by atoms with Crippen LogP contribution in [0.3, 0.4) is 0 Å². The highest BCUT2D eigenvalue weighted by molar-refractivity contribution is 6.82. The van der Waals surface area contributed by atoms with Crippen molar-refractivity contribution in [1.29, 1.82) is 0 Å². The summed E-state index contributed by atoms with van der Waals surface area (Å²) in [6.45, 7) is 12.1. The van der Waals surface area contributed by atoms with Gasteiger partial charge in [-0.1, -0.05) is 101 Å². The summed E-state index contributed by atoms with van der Waals surface area (Å²) < 4.78 is 0. The largest absolute Gasteiger partial charge is 0.0800 e. The Bertz CT molecular complexity index is 831. The first kappa shape index (κ1) is 16.6. The van der Waals surface area contributed by atoms with Crippen molar-refractivity contribution in [2.75, 3.05) is 0 Å². The van der Waals surface area contributed by atoms with Crippen molar-refractivity contribution < 1.29 is 0 Å². The van der Waals surface area contributed by atoms with Crippen molar-refractivity contribution in [3.05, 3.63) is 83.5 Å². The van der Waals surface area contributed by atoms with Crippen molar-refractivity contribution in [3.8, 4) is 11.1 Å². The van der Waals surface area contributed by atoms with Crippen LogP contribution in [0, 0.1) is 5.41 Å². The van der Waals surface area contributed by atoms with E-state index in [4.69, 9.17) is 0 Å². The maximum absolute atomic E-state index is 2.58. The summed E-state index contributed by atoms with van der Waals surface area (Å²) >= 11 is 0. The Morgan fingerprint density at radius 3 is 1.80 bits per heavy atom. The lowest BCUT2D eigenvalue weighted by Crippen LogP contribution is -2.38. The van der Waals surface area contributed by atoms with Crippen LogP contribution in [0.2, 0.25) is 18.6 Å². The van der Waals surface area contributed by atoms with Gasteiger partial charge in [-0.2, -0.15) is 0 Å². The molecule has 0 bridgehead atoms. The number of allylic oxidation sites excluding steroid dienone is 4. The molecule has 0 aliphatic heterocycles. The maximum atomic E-state index is 2.58. The van der Waals surface area contributed by atoms with Crippen molar-refractivity contribution in [2.24, 2.45) is 5.41 Å². The van der Waals surface area contributed by atoms with Crippen LogP contribution in [-0.2, 0) is 0 Å². The van der Waals surface area contributed by atoms with Gasteiger partial charge in [-0.3, -0.25) is 0 Å². The van der Waals surface area contributed by atoms with Gasteiger partial charge in [-0.25, -0.2) is 0 Å². The molecule has 0 spiro atoms. The molecule has 2 aliphatic carbocycles. The van der Waals surface area contributed by atoms with Crippen LogP contribution in [0.5, 0.6) is 0 Å². The third-order valence-corrected chi connectivity index (χ3v) is 10.3. The van der Waals surface area contributed by atoms with E-state index in [2.05, 4.69) is 101 Å². The number of benzene rings is 2. The molecule has 0 aromatic heterocycles. The molecule has 25 heavy (non-hydrogen) atoms. The van der Waals surface area contributed by atoms with E-state index < -0.39 is 8.07 Å². The fourth-order valence-electron chi connectivity index (χ4n) is 4.62. The lowest BCUT2D eigenvalue weighted by molar-refractivity contribution is 0.517. The van der Waals surface area contributed by atoms with Crippen LogP contribution in [0.1, 0.15) is 37.4 Å². The molecular formula is C24H28Si. The van der Waals surface area contributed by atoms with Gasteiger partial charge in [0.05, 0.1) is 8.07 Å². The third kappa shape index (κ3) is 2.57. The van der Waals surface area contributed by atoms with Crippen molar-refractivity contribution >= 4 is 8.07 Å². The Hall–Kier alpha value is -1.86. The van der Waals surface area contributed by atoms with Crippen LogP contribution in [0.15, 0.2) is 72.3 Å². The van der Waals surface area contributed by atoms with Crippen LogP contribution in [0.25, 0.3) is 11.1 Å². The molecule has 1 atom stereocenters. The second-order valence-corrected chi connectivity index (χ2v) is 14.1. The summed E-state index contributed by atoms with van der Waals surface area (Å²) in [5, 5.41) is 0. The summed E-state index contributed by atoms with van der Waals surface area (Å²) in [6.07, 6.45) is 7.43. The standard InChI is InChI=1S/C24H28Si/c1-24(2,3)17-14-15-18(16-17)25(4,5)23-21-12-8-6-10-19(21)20-11-7-9-13-22(20)23/h6-16,18,23H,1-5H3. The molecule has 0 saturated heterocycles. The number of hydrogen-bond acceptors (Lipinski definition) is 0. The number of hydrogen-bond donors (Lipinski definition) is 0. The first-order valence-electron chi connectivity index (χ1n) is 9.39. The molecule has 0 N–H and O–H groups in total. The van der Waals surface area contributed by atoms with Gasteiger partial charge in [0.2, 0.25) is 0 Å². The summed E-state index contributed by atoms with van der Waals surface area (Å²) in [7, 11) is -1.62. The highest BCUT2D eigenvalue weighted by atomic mass is 28.3. The highest BCUT2D eigenvalue weighted by Gasteiger charge is 2.45. The summed E-state index contributed by atoms with van der Waals surface area (Å²) in [5.41, 5.74) is 8.91. The summed E-state index contributed by atoms with van der Waals surface area (Å²) in [4.78, 5) is 0. The maximum Gasteiger partial charge on any atom is 0.0715 e. The number of rotatable bonds is 2. The average Bonchev–Trinajstić information content (AvgIpc) is 3.18. The van der Waals surface area contributed by atoms with Crippen molar-refractivity contribution in [2.45, 2.75) is 44.9 Å². The molecule has 0 saturated carbocycles. The van der Waals surface area contributed by atoms with E-state index in [0.717, 1.165) is 0 Å². The van der Waals surface area contributed by atoms with Crippen LogP contribution in [0.4, 0.5) is 0 Å². The van der Waals surface area contributed by atoms with E-state index in [1.165, 1.54) is 16.7 Å². The van der Waals surface area contributed by atoms with E-state index >= 15 is 0 Å². The molecule has 2 aliphatic rings. The van der Waals surface area contributed by atoms with Gasteiger partial charge >= 0.3 is 0 Å². The molecule has 1 heteroatoms. The molecule has 2 aromatic carbocycles. The molecule has 4 rings (SSSR count). The Morgan fingerprint density at radius 1 is 0.800 bits per heavy atom. The molecule has 1 unspecified atom stereocenters. The average molecular weight is 345 g/mol. The molecule has 128 valence electrons. The molecule has 0 fully saturated rings. The molecular weight excluding hydrogens is 316 g/mol. The van der Waals surface area contributed by atoms with Crippen LogP contribution < -0.4 is 0 Å². The quantitative estimate of drug-likeness (QED) is 0.517. The lowest BCUT2D eigenvalue weighted by Gasteiger charge is -2.35. The second-order valence-electron chi connectivity index (χ2n) is 9.19. The highest BCUT2D eigenvalue weighted by Crippen LogP contribution is 2.53. The monoisotopic (exact) mass is 344 g/mol. The zero-order valence-corrected chi connectivity index (χ0v) is 17.0. The Kier molecular flexibility index (Phi) is 3.70. The SMILES string of the molecule is CC(C)(C)C1=CC([Si](C)(C)C2c3ccccc3-c3ccccc32)C=C1. The van der Waals surface area contributed by atoms with Gasteiger partial charge in [-0.05, 0) is 38.8 Å². The second kappa shape index (κ2) is 5.57. The smallest absolute Gasteiger partial charge is 0.0715 e. The lowest BCUT2D eigenvalue weighted by atomic mass is 9.87. The normalized spacial score (nSPS) is 19.7. The minimum Gasteiger partial charge on any atom is -0.0800 e. The fraction of sp³-hybridized carbons (Fsp3) is 0.333. The zero-order chi connectivity index (χ0) is 17.8. The van der Waals surface area contributed by atoms with Gasteiger partial charge in [0.25, 0.3) is 0 Å². The Labute approximate surface area is 153 Å². The van der Waals surface area contributed by atoms with Gasteiger partial charge in [0.1, 0.15) is 0 Å². The minimum absolute atomic E-state index is 0.237. The van der Waals surface area contributed by atoms with E-state index in [9.17, 15) is 0 Å². The summed E-state index contributed by atoms with van der Waals surface area (Å²) in [5.74, 6) is 0. The first-order valence-corrected chi connectivity index (χ1v) is 12.5. The van der Waals surface area contributed by atoms with E-state index in [1.807, 2.05) is 0 Å². The van der Waals surface area contributed by atoms with E-state index in [0.29, 0.717) is 11.1 Å². The van der Waals surface area contributed by atoms with Gasteiger partial charge < -0.3 is 0 Å². The molecule has 0 heterocycles. The summed E-state index contributed by atoms with van der Waals surface area (Å²) in [6, 6.07) is 18.1. The predicted octanol–water partition coefficient (Wildman–Crippen LogP) is 6.96. The Balaban J connectivity index is 1.82. The predicted molar refractivity (Wildman–Crippen MR) is 112 cm³/mol. The minimum atomic E-state index is -1.62. The molecule has 0 nitrogen and oxygen atoms in total. The van der Waals surface area contributed by atoms with Crippen LogP contribution >= 0.6 is 0 Å². The zero-order valence-electron chi connectivity index (χ0n) is 16.0. The topological polar surface area (TPSA) is 0 Å². The fourth-order valence-corrected chi connectivity index (χ4v) is 8.32. The Morgan fingerprint density at radius 2 is 1.32 bits per heavy atom. The first-order chi connectivity index (χ1) is 11.8.